The van der Waals surface area contributed by atoms with E-state index < -0.39 is 7.69 Å². The Bertz CT molecular complexity index is 244. The van der Waals surface area contributed by atoms with Crippen LogP contribution in [0.5, 0.6) is 17.2 Å². The first kappa shape index (κ1) is 12.6. The van der Waals surface area contributed by atoms with Gasteiger partial charge in [0.05, 0.1) is 14.2 Å². The Labute approximate surface area is 82.8 Å². The molecule has 0 atom stereocenters. The van der Waals surface area contributed by atoms with E-state index in [0.717, 1.165) is 0 Å². The molecule has 0 bridgehead atoms. The molecule has 0 fully saturated rings. The zero-order valence-corrected chi connectivity index (χ0v) is 8.10. The fraction of sp³-hybridized carbons (Fsp3) is 0.250. The maximum Gasteiger partial charge on any atom is 0.432 e. The Morgan fingerprint density at radius 1 is 1.07 bits per heavy atom. The van der Waals surface area contributed by atoms with Crippen molar-refractivity contribution in [3.8, 4) is 17.2 Å². The molecule has 0 radical (unpaired) electrons. The predicted molar refractivity (Wildman–Crippen MR) is 52.8 cm³/mol. The summed E-state index contributed by atoms with van der Waals surface area (Å²) in [5, 5.41) is 23.6. The molecule has 5 nitrogen and oxygen atoms in total. The van der Waals surface area contributed by atoms with Crippen molar-refractivity contribution < 1.29 is 24.6 Å². The van der Waals surface area contributed by atoms with Crippen LogP contribution in [0.4, 0.5) is 0 Å². The zero-order chi connectivity index (χ0) is 11.0. The quantitative estimate of drug-likeness (QED) is 0.568. The lowest BCUT2D eigenvalue weighted by Crippen LogP contribution is -1.87. The standard InChI is InChI=1S/C8H10O3.BH3O2/c1-10-6-4-3-5-7(11-2)8(6)9;2-1-3/h3-5,9H,1-2H3;1-3H. The lowest BCUT2D eigenvalue weighted by Gasteiger charge is -2.06. The van der Waals surface area contributed by atoms with E-state index in [9.17, 15) is 5.11 Å². The topological polar surface area (TPSA) is 79.2 Å². The SMILES string of the molecule is COc1cccc(OC)c1O.OBO. The summed E-state index contributed by atoms with van der Waals surface area (Å²) >= 11 is 0. The van der Waals surface area contributed by atoms with Crippen molar-refractivity contribution in [2.45, 2.75) is 0 Å². The second kappa shape index (κ2) is 7.05. The van der Waals surface area contributed by atoms with Crippen LogP contribution in [0.1, 0.15) is 0 Å². The fourth-order valence-electron chi connectivity index (χ4n) is 0.832. The van der Waals surface area contributed by atoms with Gasteiger partial charge >= 0.3 is 7.69 Å². The highest BCUT2D eigenvalue weighted by Gasteiger charge is 2.05. The lowest BCUT2D eigenvalue weighted by molar-refractivity contribution is 0.340. The second-order valence-corrected chi connectivity index (χ2v) is 2.15. The Kier molecular flexibility index (Phi) is 6.35. The largest absolute Gasteiger partial charge is 0.502 e. The van der Waals surface area contributed by atoms with Crippen LogP contribution in [0.25, 0.3) is 0 Å². The van der Waals surface area contributed by atoms with Crippen LogP contribution in [-0.4, -0.2) is 37.1 Å². The van der Waals surface area contributed by atoms with Crippen molar-refractivity contribution in [2.24, 2.45) is 0 Å². The number of rotatable bonds is 2. The second-order valence-electron chi connectivity index (χ2n) is 2.15. The van der Waals surface area contributed by atoms with Gasteiger partial charge in [-0.15, -0.1) is 0 Å². The molecule has 0 heterocycles. The van der Waals surface area contributed by atoms with Crippen LogP contribution >= 0.6 is 0 Å². The average Bonchev–Trinajstić information content (AvgIpc) is 2.19. The number of aromatic hydroxyl groups is 1. The first-order chi connectivity index (χ1) is 6.71. The number of hydrogen-bond donors (Lipinski definition) is 3. The molecule has 6 heteroatoms. The van der Waals surface area contributed by atoms with E-state index in [1.54, 1.807) is 18.2 Å². The van der Waals surface area contributed by atoms with E-state index in [1.807, 2.05) is 0 Å². The summed E-state index contributed by atoms with van der Waals surface area (Å²) in [5.74, 6) is 0.881. The lowest BCUT2D eigenvalue weighted by atomic mass is 10.3. The highest BCUT2D eigenvalue weighted by atomic mass is 16.5. The van der Waals surface area contributed by atoms with Gasteiger partial charge < -0.3 is 24.6 Å². The number of ether oxygens (including phenoxy) is 2. The first-order valence-electron chi connectivity index (χ1n) is 3.82. The van der Waals surface area contributed by atoms with E-state index in [1.165, 1.54) is 14.2 Å². The molecule has 14 heavy (non-hydrogen) atoms. The van der Waals surface area contributed by atoms with Gasteiger partial charge in [-0.2, -0.15) is 0 Å². The minimum absolute atomic E-state index is 0.0394. The van der Waals surface area contributed by atoms with Crippen molar-refractivity contribution in [1.29, 1.82) is 0 Å². The van der Waals surface area contributed by atoms with E-state index in [4.69, 9.17) is 19.5 Å². The van der Waals surface area contributed by atoms with Gasteiger partial charge in [-0.25, -0.2) is 0 Å². The average molecular weight is 200 g/mol. The number of para-hydroxylation sites is 1. The van der Waals surface area contributed by atoms with Gasteiger partial charge in [-0.3, -0.25) is 0 Å². The van der Waals surface area contributed by atoms with Gasteiger partial charge in [0.25, 0.3) is 0 Å². The molecule has 1 aromatic rings. The normalized spacial score (nSPS) is 8.29. The molecule has 0 unspecified atom stereocenters. The Balaban J connectivity index is 0.000000500. The summed E-state index contributed by atoms with van der Waals surface area (Å²) < 4.78 is 9.71. The number of benzene rings is 1. The van der Waals surface area contributed by atoms with Gasteiger partial charge in [-0.1, -0.05) is 6.07 Å². The number of phenols is 1. The minimum atomic E-state index is -0.750. The Morgan fingerprint density at radius 3 is 1.71 bits per heavy atom. The molecule has 1 rings (SSSR count). The van der Waals surface area contributed by atoms with E-state index >= 15 is 0 Å². The summed E-state index contributed by atoms with van der Waals surface area (Å²) in [4.78, 5) is 0. The summed E-state index contributed by atoms with van der Waals surface area (Å²) in [7, 11) is 2.24. The molecule has 0 aliphatic heterocycles. The van der Waals surface area contributed by atoms with Crippen molar-refractivity contribution in [1.82, 2.24) is 0 Å². The van der Waals surface area contributed by atoms with Gasteiger partial charge in [0.1, 0.15) is 0 Å². The maximum absolute atomic E-state index is 9.34. The number of methoxy groups -OCH3 is 2. The molecule has 78 valence electrons. The molecule has 0 amide bonds. The third-order valence-electron chi connectivity index (χ3n) is 1.40. The highest BCUT2D eigenvalue weighted by Crippen LogP contribution is 2.34. The van der Waals surface area contributed by atoms with E-state index in [0.29, 0.717) is 11.5 Å². The van der Waals surface area contributed by atoms with E-state index in [2.05, 4.69) is 0 Å². The van der Waals surface area contributed by atoms with Crippen molar-refractivity contribution >= 4 is 7.69 Å². The van der Waals surface area contributed by atoms with Crippen molar-refractivity contribution in [3.05, 3.63) is 18.2 Å². The molecular weight excluding hydrogens is 187 g/mol. The molecule has 1 aromatic carbocycles. The van der Waals surface area contributed by atoms with Crippen molar-refractivity contribution in [2.75, 3.05) is 14.2 Å². The van der Waals surface area contributed by atoms with Crippen LogP contribution in [0.2, 0.25) is 0 Å². The Morgan fingerprint density at radius 2 is 1.43 bits per heavy atom. The summed E-state index contributed by atoms with van der Waals surface area (Å²) in [6.07, 6.45) is 0. The molecule has 0 saturated heterocycles. The van der Waals surface area contributed by atoms with Gasteiger partial charge in [0, 0.05) is 0 Å². The molecule has 3 N–H and O–H groups in total. The molecule has 0 aliphatic carbocycles. The molecule has 0 spiro atoms. The predicted octanol–water partition coefficient (Wildman–Crippen LogP) is -0.353. The monoisotopic (exact) mass is 200 g/mol. The molecule has 0 aromatic heterocycles. The zero-order valence-electron chi connectivity index (χ0n) is 8.10. The number of phenolic OH excluding ortho intramolecular Hbond substituents is 1. The Hall–Kier alpha value is -1.40. The summed E-state index contributed by atoms with van der Waals surface area (Å²) in [6.45, 7) is 0. The van der Waals surface area contributed by atoms with Crippen LogP contribution in [-0.2, 0) is 0 Å². The molecule has 0 aliphatic rings. The third kappa shape index (κ3) is 3.55. The highest BCUT2D eigenvalue weighted by molar-refractivity contribution is 6.13. The van der Waals surface area contributed by atoms with Gasteiger partial charge in [0.2, 0.25) is 5.75 Å². The molecular formula is C8H13BO5. The summed E-state index contributed by atoms with van der Waals surface area (Å²) in [5.41, 5.74) is 0. The smallest absolute Gasteiger partial charge is 0.432 e. The maximum atomic E-state index is 9.34. The minimum Gasteiger partial charge on any atom is -0.502 e. The van der Waals surface area contributed by atoms with Gasteiger partial charge in [-0.05, 0) is 12.1 Å². The molecule has 0 saturated carbocycles. The number of hydrogen-bond acceptors (Lipinski definition) is 5. The van der Waals surface area contributed by atoms with Crippen LogP contribution in [0.15, 0.2) is 18.2 Å². The van der Waals surface area contributed by atoms with E-state index in [-0.39, 0.29) is 5.75 Å². The van der Waals surface area contributed by atoms with Gasteiger partial charge in [0.15, 0.2) is 11.5 Å². The third-order valence-corrected chi connectivity index (χ3v) is 1.40. The van der Waals surface area contributed by atoms with Crippen LogP contribution in [0.3, 0.4) is 0 Å². The summed E-state index contributed by atoms with van der Waals surface area (Å²) in [6, 6.07) is 5.08. The van der Waals surface area contributed by atoms with Crippen LogP contribution in [0, 0.1) is 0 Å². The van der Waals surface area contributed by atoms with Crippen molar-refractivity contribution in [3.63, 3.8) is 0 Å². The fourth-order valence-corrected chi connectivity index (χ4v) is 0.832. The first-order valence-corrected chi connectivity index (χ1v) is 3.82. The van der Waals surface area contributed by atoms with Crippen LogP contribution < -0.4 is 9.47 Å².